The topological polar surface area (TPSA) is 62.1 Å². The maximum absolute atomic E-state index is 12.5. The minimum absolute atomic E-state index is 0.0605. The van der Waals surface area contributed by atoms with Crippen molar-refractivity contribution in [3.05, 3.63) is 60.6 Å². The molecular formula is C20H23N5O2. The Bertz CT molecular complexity index is 914. The highest BCUT2D eigenvalue weighted by molar-refractivity contribution is 5.89. The van der Waals surface area contributed by atoms with E-state index in [1.54, 1.807) is 7.11 Å². The summed E-state index contributed by atoms with van der Waals surface area (Å²) in [5.41, 5.74) is 2.90. The molecule has 0 bridgehead atoms. The minimum Gasteiger partial charge on any atom is -0.497 e. The number of imidazole rings is 1. The number of nitrogens with zero attached hydrogens (tertiary/aromatic N) is 4. The van der Waals surface area contributed by atoms with Crippen LogP contribution in [0.3, 0.4) is 0 Å². The summed E-state index contributed by atoms with van der Waals surface area (Å²) in [7, 11) is 1.62. The van der Waals surface area contributed by atoms with E-state index in [9.17, 15) is 4.79 Å². The van der Waals surface area contributed by atoms with Crippen LogP contribution in [0.2, 0.25) is 0 Å². The van der Waals surface area contributed by atoms with E-state index in [1.807, 2.05) is 59.8 Å². The average Bonchev–Trinajstić information content (AvgIpc) is 3.12. The van der Waals surface area contributed by atoms with Crippen molar-refractivity contribution in [1.82, 2.24) is 19.2 Å². The molecule has 0 spiro atoms. The first-order valence-corrected chi connectivity index (χ1v) is 9.06. The van der Waals surface area contributed by atoms with Gasteiger partial charge in [0.25, 0.3) is 0 Å². The van der Waals surface area contributed by atoms with E-state index in [4.69, 9.17) is 4.74 Å². The maximum Gasteiger partial charge on any atom is 0.321 e. The van der Waals surface area contributed by atoms with Gasteiger partial charge >= 0.3 is 6.03 Å². The summed E-state index contributed by atoms with van der Waals surface area (Å²) < 4.78 is 7.25. The lowest BCUT2D eigenvalue weighted by Gasteiger charge is -2.34. The molecule has 1 saturated heterocycles. The number of fused-ring (bicyclic) bond motifs is 1. The van der Waals surface area contributed by atoms with Crippen molar-refractivity contribution >= 4 is 17.4 Å². The third-order valence-corrected chi connectivity index (χ3v) is 4.88. The van der Waals surface area contributed by atoms with Crippen LogP contribution in [0.4, 0.5) is 10.5 Å². The number of ether oxygens (including phenoxy) is 1. The average molecular weight is 365 g/mol. The van der Waals surface area contributed by atoms with E-state index in [0.717, 1.165) is 36.7 Å². The lowest BCUT2D eigenvalue weighted by Crippen LogP contribution is -2.49. The zero-order chi connectivity index (χ0) is 18.6. The van der Waals surface area contributed by atoms with E-state index in [-0.39, 0.29) is 6.03 Å². The Morgan fingerprint density at radius 1 is 1.11 bits per heavy atom. The van der Waals surface area contributed by atoms with Gasteiger partial charge in [-0.05, 0) is 36.4 Å². The summed E-state index contributed by atoms with van der Waals surface area (Å²) >= 11 is 0. The zero-order valence-corrected chi connectivity index (χ0v) is 15.3. The van der Waals surface area contributed by atoms with Crippen LogP contribution in [0.15, 0.2) is 54.9 Å². The number of methoxy groups -OCH3 is 1. The van der Waals surface area contributed by atoms with Crippen molar-refractivity contribution in [2.75, 3.05) is 38.6 Å². The fourth-order valence-corrected chi connectivity index (χ4v) is 3.32. The third kappa shape index (κ3) is 3.88. The number of anilines is 1. The highest BCUT2D eigenvalue weighted by Crippen LogP contribution is 2.16. The molecule has 2 aromatic heterocycles. The van der Waals surface area contributed by atoms with Gasteiger partial charge in [-0.2, -0.15) is 0 Å². The number of benzene rings is 1. The second-order valence-corrected chi connectivity index (χ2v) is 6.60. The lowest BCUT2D eigenvalue weighted by atomic mass is 10.3. The molecule has 7 nitrogen and oxygen atoms in total. The van der Waals surface area contributed by atoms with Crippen LogP contribution < -0.4 is 10.1 Å². The molecule has 0 unspecified atom stereocenters. The first-order valence-electron chi connectivity index (χ1n) is 9.06. The fourth-order valence-electron chi connectivity index (χ4n) is 3.32. The van der Waals surface area contributed by atoms with Gasteiger partial charge in [0.15, 0.2) is 0 Å². The number of hydrogen-bond donors (Lipinski definition) is 1. The quantitative estimate of drug-likeness (QED) is 0.772. The SMILES string of the molecule is COc1ccc(NC(=O)N2CCN(Cc3cnc4ccccn34)CC2)cc1. The van der Waals surface area contributed by atoms with Gasteiger partial charge in [0.05, 0.1) is 19.0 Å². The Morgan fingerprint density at radius 3 is 2.63 bits per heavy atom. The highest BCUT2D eigenvalue weighted by Gasteiger charge is 2.22. The van der Waals surface area contributed by atoms with Crippen molar-refractivity contribution in [1.29, 1.82) is 0 Å². The Hall–Kier alpha value is -3.06. The number of hydrogen-bond acceptors (Lipinski definition) is 4. The zero-order valence-electron chi connectivity index (χ0n) is 15.3. The molecular weight excluding hydrogens is 342 g/mol. The van der Waals surface area contributed by atoms with Crippen LogP contribution in [0, 0.1) is 0 Å². The summed E-state index contributed by atoms with van der Waals surface area (Å²) in [4.78, 5) is 21.1. The van der Waals surface area contributed by atoms with Crippen LogP contribution in [0.1, 0.15) is 5.69 Å². The van der Waals surface area contributed by atoms with Crippen molar-refractivity contribution in [3.8, 4) is 5.75 Å². The number of rotatable bonds is 4. The third-order valence-electron chi connectivity index (χ3n) is 4.88. The van der Waals surface area contributed by atoms with E-state index >= 15 is 0 Å². The number of amides is 2. The number of carbonyl (C=O) groups is 1. The van der Waals surface area contributed by atoms with Crippen LogP contribution in [-0.4, -0.2) is 58.5 Å². The lowest BCUT2D eigenvalue weighted by molar-refractivity contribution is 0.142. The monoisotopic (exact) mass is 365 g/mol. The number of carbonyl (C=O) groups excluding carboxylic acids is 1. The van der Waals surface area contributed by atoms with Crippen LogP contribution >= 0.6 is 0 Å². The summed E-state index contributed by atoms with van der Waals surface area (Å²) in [6.45, 7) is 3.93. The Morgan fingerprint density at radius 2 is 1.89 bits per heavy atom. The van der Waals surface area contributed by atoms with Crippen molar-refractivity contribution in [2.45, 2.75) is 6.54 Å². The number of nitrogens with one attached hydrogen (secondary N) is 1. The van der Waals surface area contributed by atoms with Gasteiger partial charge in [-0.15, -0.1) is 0 Å². The molecule has 4 rings (SSSR count). The standard InChI is InChI=1S/C20H23N5O2/c1-27-18-7-5-16(6-8-18)22-20(26)24-12-10-23(11-13-24)15-17-14-21-19-4-2-3-9-25(17)19/h2-9,14H,10-13,15H2,1H3,(H,22,26). The fraction of sp³-hybridized carbons (Fsp3) is 0.300. The maximum atomic E-state index is 12.5. The van der Waals surface area contributed by atoms with Gasteiger partial charge in [0.2, 0.25) is 0 Å². The molecule has 3 heterocycles. The van der Waals surface area contributed by atoms with Crippen molar-refractivity contribution < 1.29 is 9.53 Å². The minimum atomic E-state index is -0.0605. The van der Waals surface area contributed by atoms with E-state index in [0.29, 0.717) is 13.1 Å². The van der Waals surface area contributed by atoms with Gasteiger partial charge < -0.3 is 19.4 Å². The first kappa shape index (κ1) is 17.4. The number of pyridine rings is 1. The summed E-state index contributed by atoms with van der Waals surface area (Å²) in [6, 6.07) is 13.3. The molecule has 140 valence electrons. The largest absolute Gasteiger partial charge is 0.497 e. The molecule has 1 aliphatic heterocycles. The van der Waals surface area contributed by atoms with E-state index in [2.05, 4.69) is 19.6 Å². The Balaban J connectivity index is 1.31. The van der Waals surface area contributed by atoms with Crippen LogP contribution in [0.5, 0.6) is 5.75 Å². The summed E-state index contributed by atoms with van der Waals surface area (Å²) in [6.07, 6.45) is 3.97. The normalized spacial score (nSPS) is 15.1. The molecule has 1 aliphatic rings. The smallest absolute Gasteiger partial charge is 0.321 e. The van der Waals surface area contributed by atoms with Gasteiger partial charge in [0, 0.05) is 44.6 Å². The molecule has 27 heavy (non-hydrogen) atoms. The van der Waals surface area contributed by atoms with Gasteiger partial charge in [-0.1, -0.05) is 6.07 Å². The van der Waals surface area contributed by atoms with Gasteiger partial charge in [-0.25, -0.2) is 9.78 Å². The van der Waals surface area contributed by atoms with Gasteiger partial charge in [0.1, 0.15) is 11.4 Å². The van der Waals surface area contributed by atoms with E-state index < -0.39 is 0 Å². The molecule has 0 saturated carbocycles. The molecule has 1 aromatic carbocycles. The van der Waals surface area contributed by atoms with Crippen LogP contribution in [-0.2, 0) is 6.54 Å². The Labute approximate surface area is 158 Å². The molecule has 2 amide bonds. The highest BCUT2D eigenvalue weighted by atomic mass is 16.5. The predicted molar refractivity (Wildman–Crippen MR) is 104 cm³/mol. The summed E-state index contributed by atoms with van der Waals surface area (Å²) in [5, 5.41) is 2.95. The number of piperazine rings is 1. The molecule has 7 heteroatoms. The van der Waals surface area contributed by atoms with Crippen molar-refractivity contribution in [3.63, 3.8) is 0 Å². The van der Waals surface area contributed by atoms with Crippen LogP contribution in [0.25, 0.3) is 5.65 Å². The molecule has 0 radical (unpaired) electrons. The molecule has 0 aliphatic carbocycles. The second kappa shape index (κ2) is 7.67. The van der Waals surface area contributed by atoms with Crippen molar-refractivity contribution in [2.24, 2.45) is 0 Å². The molecule has 1 N–H and O–H groups in total. The molecule has 0 atom stereocenters. The first-order chi connectivity index (χ1) is 13.2. The molecule has 1 fully saturated rings. The predicted octanol–water partition coefficient (Wildman–Crippen LogP) is 2.69. The molecule has 3 aromatic rings. The van der Waals surface area contributed by atoms with E-state index in [1.165, 1.54) is 5.69 Å². The second-order valence-electron chi connectivity index (χ2n) is 6.60. The summed E-state index contributed by atoms with van der Waals surface area (Å²) in [5.74, 6) is 0.772. The number of urea groups is 1. The van der Waals surface area contributed by atoms with Gasteiger partial charge in [-0.3, -0.25) is 4.90 Å². The Kier molecular flexibility index (Phi) is 4.93. The number of aromatic nitrogens is 2.